The van der Waals surface area contributed by atoms with Gasteiger partial charge in [0.25, 0.3) is 0 Å². The smallest absolute Gasteiger partial charge is 0.181 e. The zero-order chi connectivity index (χ0) is 9.84. The predicted molar refractivity (Wildman–Crippen MR) is 52.6 cm³/mol. The summed E-state index contributed by atoms with van der Waals surface area (Å²) in [5.74, 6) is 6.54. The van der Waals surface area contributed by atoms with Crippen molar-refractivity contribution in [3.63, 3.8) is 0 Å². The first kappa shape index (κ1) is 9.87. The van der Waals surface area contributed by atoms with Gasteiger partial charge < -0.3 is 10.7 Å². The van der Waals surface area contributed by atoms with Gasteiger partial charge in [-0.25, -0.2) is 10.8 Å². The van der Waals surface area contributed by atoms with Crippen LogP contribution in [0.4, 0.5) is 0 Å². The van der Waals surface area contributed by atoms with Gasteiger partial charge in [-0.1, -0.05) is 0 Å². The molecule has 7 heteroatoms. The second kappa shape index (κ2) is 4.15. The van der Waals surface area contributed by atoms with Crippen molar-refractivity contribution < 1.29 is 0 Å². The van der Waals surface area contributed by atoms with Crippen LogP contribution in [0.2, 0.25) is 0 Å². The molecule has 0 amide bonds. The van der Waals surface area contributed by atoms with Crippen LogP contribution in [0.5, 0.6) is 0 Å². The molecule has 1 atom stereocenters. The van der Waals surface area contributed by atoms with E-state index in [9.17, 15) is 0 Å². The highest BCUT2D eigenvalue weighted by Crippen LogP contribution is 2.04. The summed E-state index contributed by atoms with van der Waals surface area (Å²) < 4.78 is 0. The molecule has 1 unspecified atom stereocenters. The molecule has 0 saturated heterocycles. The normalized spacial score (nSPS) is 12.2. The number of nitrogens with one attached hydrogen (secondary N) is 3. The predicted octanol–water partition coefficient (Wildman–Crippen LogP) is -0.488. The van der Waals surface area contributed by atoms with Gasteiger partial charge >= 0.3 is 0 Å². The quantitative estimate of drug-likeness (QED) is 0.292. The third-order valence-corrected chi connectivity index (χ3v) is 1.72. The zero-order valence-corrected chi connectivity index (χ0v) is 8.27. The lowest BCUT2D eigenvalue weighted by atomic mass is 10.3. The summed E-state index contributed by atoms with van der Waals surface area (Å²) in [6, 6.07) is -0.0616. The molecule has 0 saturated carbocycles. The number of rotatable bonds is 2. The Balaban J connectivity index is 2.58. The Bertz CT molecular complexity index is 295. The number of nitrogens with two attached hydrogens (primary N) is 1. The second-order valence-corrected chi connectivity index (χ2v) is 3.03. The minimum absolute atomic E-state index is 0.0616. The monoisotopic (exact) mass is 200 g/mol. The number of aromatic nitrogens is 3. The average molecular weight is 200 g/mol. The lowest BCUT2D eigenvalue weighted by Gasteiger charge is -2.11. The van der Waals surface area contributed by atoms with E-state index >= 15 is 0 Å². The Labute approximate surface area is 81.3 Å². The van der Waals surface area contributed by atoms with Gasteiger partial charge in [-0.2, -0.15) is 5.10 Å². The first-order chi connectivity index (χ1) is 6.13. The van der Waals surface area contributed by atoms with Crippen molar-refractivity contribution in [3.05, 3.63) is 11.6 Å². The third-order valence-electron chi connectivity index (χ3n) is 1.48. The molecule has 6 nitrogen and oxygen atoms in total. The lowest BCUT2D eigenvalue weighted by molar-refractivity contribution is 0.657. The van der Waals surface area contributed by atoms with E-state index in [1.807, 2.05) is 13.8 Å². The Morgan fingerprint density at radius 2 is 2.38 bits per heavy atom. The maximum absolute atomic E-state index is 5.10. The van der Waals surface area contributed by atoms with Gasteiger partial charge in [-0.05, 0) is 26.1 Å². The van der Waals surface area contributed by atoms with Crippen molar-refractivity contribution in [2.45, 2.75) is 19.9 Å². The SMILES string of the molecule is Cc1nc(C(C)NC(=S)NN)n[nH]1. The van der Waals surface area contributed by atoms with Gasteiger partial charge in [-0.3, -0.25) is 5.10 Å². The molecule has 0 spiro atoms. The molecule has 0 fully saturated rings. The minimum atomic E-state index is -0.0616. The van der Waals surface area contributed by atoms with E-state index in [0.29, 0.717) is 10.9 Å². The van der Waals surface area contributed by atoms with Crippen LogP contribution in [0.1, 0.15) is 24.6 Å². The van der Waals surface area contributed by atoms with Crippen LogP contribution in [0.25, 0.3) is 0 Å². The molecule has 0 bridgehead atoms. The van der Waals surface area contributed by atoms with Crippen molar-refractivity contribution in [3.8, 4) is 0 Å². The third kappa shape index (κ3) is 2.63. The molecular weight excluding hydrogens is 188 g/mol. The lowest BCUT2D eigenvalue weighted by Crippen LogP contribution is -2.41. The van der Waals surface area contributed by atoms with Crippen molar-refractivity contribution in [2.75, 3.05) is 0 Å². The fourth-order valence-corrected chi connectivity index (χ4v) is 1.03. The Kier molecular flexibility index (Phi) is 3.15. The van der Waals surface area contributed by atoms with Gasteiger partial charge in [0.2, 0.25) is 0 Å². The van der Waals surface area contributed by atoms with E-state index in [1.54, 1.807) is 0 Å². The molecule has 1 heterocycles. The number of hydrogen-bond acceptors (Lipinski definition) is 4. The zero-order valence-electron chi connectivity index (χ0n) is 7.46. The summed E-state index contributed by atoms with van der Waals surface area (Å²) >= 11 is 4.83. The summed E-state index contributed by atoms with van der Waals surface area (Å²) in [4.78, 5) is 4.14. The number of hydrazine groups is 1. The van der Waals surface area contributed by atoms with Gasteiger partial charge in [0.1, 0.15) is 5.82 Å². The number of hydrogen-bond donors (Lipinski definition) is 4. The highest BCUT2D eigenvalue weighted by Gasteiger charge is 2.10. The second-order valence-electron chi connectivity index (χ2n) is 2.62. The fraction of sp³-hybridized carbons (Fsp3) is 0.500. The van der Waals surface area contributed by atoms with E-state index in [2.05, 4.69) is 25.9 Å². The molecule has 72 valence electrons. The van der Waals surface area contributed by atoms with E-state index in [-0.39, 0.29) is 6.04 Å². The van der Waals surface area contributed by atoms with Gasteiger partial charge in [-0.15, -0.1) is 0 Å². The standard InChI is InChI=1S/C6H12N6S/c1-3(8-6(13)10-7)5-9-4(2)11-12-5/h3H,7H2,1-2H3,(H2,8,10,13)(H,9,11,12). The van der Waals surface area contributed by atoms with Crippen LogP contribution in [-0.4, -0.2) is 20.3 Å². The van der Waals surface area contributed by atoms with E-state index < -0.39 is 0 Å². The van der Waals surface area contributed by atoms with Crippen LogP contribution in [0.3, 0.4) is 0 Å². The van der Waals surface area contributed by atoms with Crippen LogP contribution < -0.4 is 16.6 Å². The first-order valence-electron chi connectivity index (χ1n) is 3.79. The number of thiocarbonyl (C=S) groups is 1. The van der Waals surface area contributed by atoms with Gasteiger partial charge in [0.15, 0.2) is 10.9 Å². The van der Waals surface area contributed by atoms with Crippen LogP contribution >= 0.6 is 12.2 Å². The Hall–Kier alpha value is -1.21. The molecule has 0 aliphatic rings. The molecule has 0 aliphatic carbocycles. The molecule has 0 aliphatic heterocycles. The summed E-state index contributed by atoms with van der Waals surface area (Å²) in [6.45, 7) is 3.73. The van der Waals surface area contributed by atoms with Crippen LogP contribution in [0, 0.1) is 6.92 Å². The van der Waals surface area contributed by atoms with E-state index in [0.717, 1.165) is 5.82 Å². The summed E-state index contributed by atoms with van der Waals surface area (Å²) in [5.41, 5.74) is 2.33. The van der Waals surface area contributed by atoms with Crippen LogP contribution in [0.15, 0.2) is 0 Å². The van der Waals surface area contributed by atoms with Crippen molar-refractivity contribution >= 4 is 17.3 Å². The van der Waals surface area contributed by atoms with Crippen molar-refractivity contribution in [1.29, 1.82) is 0 Å². The molecule has 1 aromatic rings. The molecule has 13 heavy (non-hydrogen) atoms. The number of nitrogens with zero attached hydrogens (tertiary/aromatic N) is 2. The van der Waals surface area contributed by atoms with E-state index in [1.165, 1.54) is 0 Å². The molecule has 1 rings (SSSR count). The van der Waals surface area contributed by atoms with Crippen LogP contribution in [-0.2, 0) is 0 Å². The fourth-order valence-electron chi connectivity index (χ4n) is 0.857. The summed E-state index contributed by atoms with van der Waals surface area (Å²) in [7, 11) is 0. The van der Waals surface area contributed by atoms with Crippen molar-refractivity contribution in [2.24, 2.45) is 5.84 Å². The maximum Gasteiger partial charge on any atom is 0.181 e. The number of aromatic amines is 1. The first-order valence-corrected chi connectivity index (χ1v) is 4.20. The number of aryl methyl sites for hydroxylation is 1. The topological polar surface area (TPSA) is 91.7 Å². The van der Waals surface area contributed by atoms with E-state index in [4.69, 9.17) is 18.1 Å². The molecule has 0 aromatic carbocycles. The highest BCUT2D eigenvalue weighted by atomic mass is 32.1. The molecule has 1 aromatic heterocycles. The Morgan fingerprint density at radius 1 is 1.69 bits per heavy atom. The molecular formula is C6H12N6S. The minimum Gasteiger partial charge on any atom is -0.352 e. The largest absolute Gasteiger partial charge is 0.352 e. The highest BCUT2D eigenvalue weighted by molar-refractivity contribution is 7.80. The molecule has 5 N–H and O–H groups in total. The summed E-state index contributed by atoms with van der Waals surface area (Å²) in [5, 5.41) is 10.0. The average Bonchev–Trinajstić information content (AvgIpc) is 2.51. The van der Waals surface area contributed by atoms with Gasteiger partial charge in [0.05, 0.1) is 6.04 Å². The number of H-pyrrole nitrogens is 1. The Morgan fingerprint density at radius 3 is 2.85 bits per heavy atom. The van der Waals surface area contributed by atoms with Gasteiger partial charge in [0, 0.05) is 0 Å². The molecule has 0 radical (unpaired) electrons. The summed E-state index contributed by atoms with van der Waals surface area (Å²) in [6.07, 6.45) is 0. The van der Waals surface area contributed by atoms with Crippen molar-refractivity contribution in [1.82, 2.24) is 25.9 Å². The maximum atomic E-state index is 5.10.